The van der Waals surface area contributed by atoms with Crippen molar-refractivity contribution in [2.75, 3.05) is 26.3 Å². The lowest BCUT2D eigenvalue weighted by Gasteiger charge is -2.29. The molecule has 1 unspecified atom stereocenters. The van der Waals surface area contributed by atoms with E-state index in [9.17, 15) is 14.4 Å². The highest BCUT2D eigenvalue weighted by Crippen LogP contribution is 2.29. The van der Waals surface area contributed by atoms with Crippen molar-refractivity contribution >= 4 is 23.8 Å². The molecule has 0 aromatic carbocycles. The Morgan fingerprint density at radius 1 is 1.30 bits per heavy atom. The third-order valence-corrected chi connectivity index (χ3v) is 5.11. The summed E-state index contributed by atoms with van der Waals surface area (Å²) in [6.07, 6.45) is 2.31. The average molecular weight is 418 g/mol. The van der Waals surface area contributed by atoms with Gasteiger partial charge >= 0.3 is 0 Å². The van der Waals surface area contributed by atoms with Crippen LogP contribution in [-0.2, 0) is 25.5 Å². The fourth-order valence-electron chi connectivity index (χ4n) is 3.86. The summed E-state index contributed by atoms with van der Waals surface area (Å²) in [6, 6.07) is 0. The second-order valence-corrected chi connectivity index (χ2v) is 8.48. The molecule has 164 valence electrons. The summed E-state index contributed by atoms with van der Waals surface area (Å²) in [6.45, 7) is 11.4. The second-order valence-electron chi connectivity index (χ2n) is 8.48. The number of morpholine rings is 1. The van der Waals surface area contributed by atoms with Crippen molar-refractivity contribution in [3.63, 3.8) is 0 Å². The van der Waals surface area contributed by atoms with Crippen LogP contribution in [0.25, 0.3) is 6.08 Å². The number of hydrogen-bond donors (Lipinski definition) is 2. The molecule has 1 atom stereocenters. The minimum Gasteiger partial charge on any atom is -0.377 e. The first-order valence-electron chi connectivity index (χ1n) is 10.4. The maximum absolute atomic E-state index is 12.7. The molecule has 0 aliphatic carbocycles. The van der Waals surface area contributed by atoms with Crippen molar-refractivity contribution in [1.82, 2.24) is 25.1 Å². The normalized spacial score (nSPS) is 21.6. The predicted octanol–water partition coefficient (Wildman–Crippen LogP) is 1.17. The molecule has 0 radical (unpaired) electrons. The van der Waals surface area contributed by atoms with Crippen LogP contribution < -0.4 is 10.6 Å². The topological polar surface area (TPSA) is 106 Å². The lowest BCUT2D eigenvalue weighted by Crippen LogP contribution is -2.51. The van der Waals surface area contributed by atoms with Crippen LogP contribution in [-0.4, -0.2) is 58.5 Å². The van der Waals surface area contributed by atoms with Gasteiger partial charge in [0, 0.05) is 25.6 Å². The molecule has 1 aromatic rings. The molecule has 0 saturated carbocycles. The zero-order valence-corrected chi connectivity index (χ0v) is 18.3. The fourth-order valence-corrected chi connectivity index (χ4v) is 3.86. The Kier molecular flexibility index (Phi) is 6.72. The van der Waals surface area contributed by atoms with Gasteiger partial charge in [-0.05, 0) is 17.9 Å². The van der Waals surface area contributed by atoms with Gasteiger partial charge in [0.05, 0.1) is 18.9 Å². The van der Waals surface area contributed by atoms with Crippen LogP contribution in [0.4, 0.5) is 0 Å². The number of carbonyl (C=O) groups is 3. The van der Waals surface area contributed by atoms with Crippen LogP contribution in [0.5, 0.6) is 0 Å². The molecule has 3 rings (SSSR count). The van der Waals surface area contributed by atoms with Crippen LogP contribution in [0, 0.1) is 5.92 Å². The minimum atomic E-state index is -0.518. The third-order valence-electron chi connectivity index (χ3n) is 5.11. The molecule has 9 heteroatoms. The summed E-state index contributed by atoms with van der Waals surface area (Å²) in [5.74, 6) is 0.0379. The Labute approximate surface area is 176 Å². The molecule has 3 heterocycles. The molecule has 0 bridgehead atoms. The molecule has 2 fully saturated rings. The van der Waals surface area contributed by atoms with E-state index in [4.69, 9.17) is 9.72 Å². The maximum Gasteiger partial charge on any atom is 0.277 e. The monoisotopic (exact) mass is 417 g/mol. The van der Waals surface area contributed by atoms with E-state index < -0.39 is 17.7 Å². The maximum atomic E-state index is 12.7. The first kappa shape index (κ1) is 22.2. The number of nitrogens with zero attached hydrogens (tertiary/aromatic N) is 3. The first-order valence-corrected chi connectivity index (χ1v) is 10.4. The summed E-state index contributed by atoms with van der Waals surface area (Å²) in [5.41, 5.74) is 1.65. The van der Waals surface area contributed by atoms with Gasteiger partial charge < -0.3 is 14.6 Å². The van der Waals surface area contributed by atoms with Gasteiger partial charge in [-0.15, -0.1) is 0 Å². The molecule has 3 amide bonds. The Morgan fingerprint density at radius 2 is 2.03 bits per heavy atom. The summed E-state index contributed by atoms with van der Waals surface area (Å²) in [7, 11) is 0. The van der Waals surface area contributed by atoms with Crippen molar-refractivity contribution in [3.8, 4) is 0 Å². The van der Waals surface area contributed by atoms with Crippen LogP contribution in [0.1, 0.15) is 63.9 Å². The highest BCUT2D eigenvalue weighted by Gasteiger charge is 2.32. The van der Waals surface area contributed by atoms with Crippen LogP contribution in [0.2, 0.25) is 0 Å². The Balaban J connectivity index is 2.10. The lowest BCUT2D eigenvalue weighted by molar-refractivity contribution is -0.147. The van der Waals surface area contributed by atoms with Crippen molar-refractivity contribution in [2.45, 2.75) is 53.1 Å². The fraction of sp³-hybridized carbons (Fsp3) is 0.619. The zero-order chi connectivity index (χ0) is 22.0. The standard InChI is InChI=1S/C21H31N5O4/c1-12(2)8-17-23-15(9-16-21(29)25(14(5)27)10-19(28)24-16)20(13(3)4)26(17)18-11-30-7-6-22-18/h9,12-13,18,22H,6-8,10-11H2,1-5H3,(H,24,28)/b16-9-. The molecule has 2 N–H and O–H groups in total. The first-order chi connectivity index (χ1) is 14.2. The molecule has 2 saturated heterocycles. The average Bonchev–Trinajstić information content (AvgIpc) is 3.02. The van der Waals surface area contributed by atoms with Crippen LogP contribution in [0.3, 0.4) is 0 Å². The number of nitrogens with one attached hydrogen (secondary N) is 2. The van der Waals surface area contributed by atoms with E-state index in [2.05, 4.69) is 42.9 Å². The number of amides is 3. The van der Waals surface area contributed by atoms with Gasteiger partial charge in [-0.1, -0.05) is 27.7 Å². The van der Waals surface area contributed by atoms with Gasteiger partial charge in [0.25, 0.3) is 5.91 Å². The number of rotatable bonds is 5. The molecular formula is C21H31N5O4. The molecule has 2 aliphatic heterocycles. The van der Waals surface area contributed by atoms with Gasteiger partial charge in [-0.3, -0.25) is 24.6 Å². The smallest absolute Gasteiger partial charge is 0.277 e. The Hall–Kier alpha value is -2.52. The summed E-state index contributed by atoms with van der Waals surface area (Å²) >= 11 is 0. The Morgan fingerprint density at radius 3 is 2.60 bits per heavy atom. The molecule has 0 spiro atoms. The number of imidazole rings is 1. The number of hydrogen-bond acceptors (Lipinski definition) is 6. The van der Waals surface area contributed by atoms with E-state index >= 15 is 0 Å². The highest BCUT2D eigenvalue weighted by atomic mass is 16.5. The van der Waals surface area contributed by atoms with Crippen molar-refractivity contribution in [1.29, 1.82) is 0 Å². The number of ether oxygens (including phenoxy) is 1. The number of piperazine rings is 1. The summed E-state index contributed by atoms with van der Waals surface area (Å²) in [5, 5.41) is 6.09. The molecule has 1 aromatic heterocycles. The second kappa shape index (κ2) is 9.09. The molecule has 9 nitrogen and oxygen atoms in total. The van der Waals surface area contributed by atoms with E-state index in [1.54, 1.807) is 6.08 Å². The van der Waals surface area contributed by atoms with Crippen LogP contribution >= 0.6 is 0 Å². The quantitative estimate of drug-likeness (QED) is 0.697. The van der Waals surface area contributed by atoms with Gasteiger partial charge in [-0.2, -0.15) is 0 Å². The van der Waals surface area contributed by atoms with Crippen molar-refractivity contribution in [3.05, 3.63) is 22.9 Å². The van der Waals surface area contributed by atoms with E-state index in [1.165, 1.54) is 6.92 Å². The molecular weight excluding hydrogens is 386 g/mol. The predicted molar refractivity (Wildman–Crippen MR) is 111 cm³/mol. The Bertz CT molecular complexity index is 865. The van der Waals surface area contributed by atoms with E-state index in [1.807, 2.05) is 0 Å². The van der Waals surface area contributed by atoms with Gasteiger partial charge in [0.2, 0.25) is 11.8 Å². The van der Waals surface area contributed by atoms with E-state index in [0.717, 1.165) is 29.4 Å². The van der Waals surface area contributed by atoms with Gasteiger partial charge in [-0.25, -0.2) is 4.98 Å². The van der Waals surface area contributed by atoms with E-state index in [0.29, 0.717) is 24.8 Å². The summed E-state index contributed by atoms with van der Waals surface area (Å²) < 4.78 is 7.85. The van der Waals surface area contributed by atoms with Gasteiger partial charge in [0.1, 0.15) is 24.2 Å². The molecule has 30 heavy (non-hydrogen) atoms. The van der Waals surface area contributed by atoms with Crippen molar-refractivity contribution in [2.24, 2.45) is 5.92 Å². The zero-order valence-electron chi connectivity index (χ0n) is 18.3. The van der Waals surface area contributed by atoms with Crippen LogP contribution in [0.15, 0.2) is 5.70 Å². The largest absolute Gasteiger partial charge is 0.377 e. The molecule has 2 aliphatic rings. The number of aromatic nitrogens is 2. The minimum absolute atomic E-state index is 0.0464. The van der Waals surface area contributed by atoms with Gasteiger partial charge in [0.15, 0.2) is 0 Å². The third kappa shape index (κ3) is 4.62. The SMILES string of the molecule is CC(=O)N1CC(=O)N/C(=C\c2nc(CC(C)C)n(C3COCCN3)c2C(C)C)C1=O. The highest BCUT2D eigenvalue weighted by molar-refractivity contribution is 6.12. The number of imide groups is 1. The van der Waals surface area contributed by atoms with Crippen molar-refractivity contribution < 1.29 is 19.1 Å². The lowest BCUT2D eigenvalue weighted by atomic mass is 10.1. The summed E-state index contributed by atoms with van der Waals surface area (Å²) in [4.78, 5) is 42.4. The van der Waals surface area contributed by atoms with E-state index in [-0.39, 0.29) is 24.3 Å². The number of carbonyl (C=O) groups excluding carboxylic acids is 3.